The highest BCUT2D eigenvalue weighted by molar-refractivity contribution is 5.42. The third kappa shape index (κ3) is 0.962. The van der Waals surface area contributed by atoms with Crippen LogP contribution in [0.1, 0.15) is 0 Å². The average Bonchev–Trinajstić information content (AvgIpc) is 2.77. The highest BCUT2D eigenvalue weighted by Crippen LogP contribution is 2.09. The molecule has 62 valence electrons. The molecule has 0 atom stereocenters. The summed E-state index contributed by atoms with van der Waals surface area (Å²) in [6.07, 6.45) is 0. The molecule has 12 heavy (non-hydrogen) atoms. The molecule has 0 aromatic carbocycles. The molecule has 2 heterocycles. The Bertz CT molecular complexity index is 286. The van der Waals surface area contributed by atoms with Crippen molar-refractivity contribution in [3.8, 4) is 0 Å². The lowest BCUT2D eigenvalue weighted by Gasteiger charge is -2.05. The van der Waals surface area contributed by atoms with Crippen molar-refractivity contribution in [1.82, 2.24) is 41.2 Å². The standard InChI is InChI=1S/C3H5N9/c1-12(2-4-8-9-5-2)3-6-10-11-7-3/h1H3,(H,4,5,8,9)(H,6,7,10,11). The summed E-state index contributed by atoms with van der Waals surface area (Å²) in [4.78, 5) is 1.53. The second-order valence-electron chi connectivity index (χ2n) is 1.98. The van der Waals surface area contributed by atoms with Gasteiger partial charge in [-0.05, 0) is 10.4 Å². The van der Waals surface area contributed by atoms with Gasteiger partial charge in [-0.25, -0.2) is 0 Å². The maximum Gasteiger partial charge on any atom is 0.272 e. The number of aromatic amines is 2. The SMILES string of the molecule is CN(c1nn[nH]n1)c1nn[nH]n1. The number of rotatable bonds is 2. The van der Waals surface area contributed by atoms with Crippen LogP contribution in [0, 0.1) is 0 Å². The first-order valence-electron chi connectivity index (χ1n) is 3.08. The van der Waals surface area contributed by atoms with E-state index >= 15 is 0 Å². The van der Waals surface area contributed by atoms with E-state index in [2.05, 4.69) is 41.2 Å². The Labute approximate surface area is 66.2 Å². The Balaban J connectivity index is 2.27. The third-order valence-corrected chi connectivity index (χ3v) is 1.27. The van der Waals surface area contributed by atoms with Crippen LogP contribution in [-0.4, -0.2) is 48.3 Å². The number of nitrogens with one attached hydrogen (secondary N) is 2. The fourth-order valence-electron chi connectivity index (χ4n) is 0.687. The second kappa shape index (κ2) is 2.53. The fraction of sp³-hybridized carbons (Fsp3) is 0.333. The van der Waals surface area contributed by atoms with Gasteiger partial charge in [-0.15, -0.1) is 10.2 Å². The minimum atomic E-state index is 0.386. The topological polar surface area (TPSA) is 112 Å². The number of hydrogen-bond donors (Lipinski definition) is 2. The van der Waals surface area contributed by atoms with Crippen LogP contribution in [0.4, 0.5) is 11.9 Å². The van der Waals surface area contributed by atoms with Crippen LogP contribution in [0.3, 0.4) is 0 Å². The molecule has 0 aliphatic carbocycles. The van der Waals surface area contributed by atoms with Gasteiger partial charge in [0.1, 0.15) is 0 Å². The molecule has 0 fully saturated rings. The molecule has 0 aliphatic heterocycles. The number of H-pyrrole nitrogens is 2. The number of hydrogen-bond acceptors (Lipinski definition) is 7. The smallest absolute Gasteiger partial charge is 0.272 e. The summed E-state index contributed by atoms with van der Waals surface area (Å²) >= 11 is 0. The van der Waals surface area contributed by atoms with E-state index in [1.807, 2.05) is 0 Å². The first kappa shape index (κ1) is 6.64. The van der Waals surface area contributed by atoms with Gasteiger partial charge in [-0.2, -0.15) is 10.4 Å². The van der Waals surface area contributed by atoms with E-state index in [0.717, 1.165) is 0 Å². The average molecular weight is 167 g/mol. The summed E-state index contributed by atoms with van der Waals surface area (Å²) < 4.78 is 0. The zero-order valence-corrected chi connectivity index (χ0v) is 6.13. The van der Waals surface area contributed by atoms with Crippen molar-refractivity contribution in [3.05, 3.63) is 0 Å². The lowest BCUT2D eigenvalue weighted by atomic mass is 10.8. The highest BCUT2D eigenvalue weighted by Gasteiger charge is 2.11. The van der Waals surface area contributed by atoms with E-state index < -0.39 is 0 Å². The molecule has 0 aliphatic rings. The molecule has 0 amide bonds. The van der Waals surface area contributed by atoms with Crippen LogP contribution >= 0.6 is 0 Å². The van der Waals surface area contributed by atoms with Crippen LogP contribution in [0.15, 0.2) is 0 Å². The normalized spacial score (nSPS) is 10.1. The lowest BCUT2D eigenvalue weighted by Crippen LogP contribution is -2.12. The molecule has 9 nitrogen and oxygen atoms in total. The number of anilines is 2. The molecule has 2 aromatic heterocycles. The molecule has 2 N–H and O–H groups in total. The van der Waals surface area contributed by atoms with Crippen molar-refractivity contribution < 1.29 is 0 Å². The summed E-state index contributed by atoms with van der Waals surface area (Å²) in [6, 6.07) is 0. The molecular weight excluding hydrogens is 162 g/mol. The van der Waals surface area contributed by atoms with Crippen molar-refractivity contribution in [2.75, 3.05) is 11.9 Å². The van der Waals surface area contributed by atoms with E-state index in [1.165, 1.54) is 4.90 Å². The van der Waals surface area contributed by atoms with Gasteiger partial charge < -0.3 is 0 Å². The predicted octanol–water partition coefficient (Wildman–Crippen LogP) is -1.52. The van der Waals surface area contributed by atoms with E-state index in [0.29, 0.717) is 11.9 Å². The Morgan fingerprint density at radius 1 is 1.00 bits per heavy atom. The summed E-state index contributed by atoms with van der Waals surface area (Å²) in [6.45, 7) is 0. The lowest BCUT2D eigenvalue weighted by molar-refractivity contribution is 0.881. The molecule has 0 unspecified atom stereocenters. The Morgan fingerprint density at radius 3 is 1.83 bits per heavy atom. The first-order chi connectivity index (χ1) is 5.88. The number of aromatic nitrogens is 8. The molecule has 0 spiro atoms. The predicted molar refractivity (Wildman–Crippen MR) is 36.4 cm³/mol. The van der Waals surface area contributed by atoms with Crippen LogP contribution in [0.25, 0.3) is 0 Å². The monoisotopic (exact) mass is 167 g/mol. The van der Waals surface area contributed by atoms with Crippen molar-refractivity contribution in [1.29, 1.82) is 0 Å². The quantitative estimate of drug-likeness (QED) is 0.558. The first-order valence-corrected chi connectivity index (χ1v) is 3.08. The van der Waals surface area contributed by atoms with Crippen molar-refractivity contribution in [2.45, 2.75) is 0 Å². The minimum Gasteiger partial charge on any atom is -0.277 e. The summed E-state index contributed by atoms with van der Waals surface area (Å²) in [5, 5.41) is 26.3. The maximum atomic E-state index is 3.73. The molecule has 0 saturated carbocycles. The number of tetrazole rings is 2. The zero-order chi connectivity index (χ0) is 8.39. The second-order valence-corrected chi connectivity index (χ2v) is 1.98. The van der Waals surface area contributed by atoms with Gasteiger partial charge in [0.2, 0.25) is 0 Å². The third-order valence-electron chi connectivity index (χ3n) is 1.27. The molecule has 0 saturated heterocycles. The van der Waals surface area contributed by atoms with Crippen molar-refractivity contribution in [2.24, 2.45) is 0 Å². The van der Waals surface area contributed by atoms with Crippen LogP contribution < -0.4 is 4.90 Å². The molecule has 0 radical (unpaired) electrons. The van der Waals surface area contributed by atoms with Crippen LogP contribution in [-0.2, 0) is 0 Å². The van der Waals surface area contributed by atoms with Crippen molar-refractivity contribution >= 4 is 11.9 Å². The van der Waals surface area contributed by atoms with E-state index in [4.69, 9.17) is 0 Å². The zero-order valence-electron chi connectivity index (χ0n) is 6.13. The van der Waals surface area contributed by atoms with Gasteiger partial charge in [0, 0.05) is 7.05 Å². The van der Waals surface area contributed by atoms with Crippen LogP contribution in [0.5, 0.6) is 0 Å². The summed E-state index contributed by atoms with van der Waals surface area (Å²) in [7, 11) is 1.70. The van der Waals surface area contributed by atoms with Gasteiger partial charge >= 0.3 is 0 Å². The van der Waals surface area contributed by atoms with Crippen molar-refractivity contribution in [3.63, 3.8) is 0 Å². The Kier molecular flexibility index (Phi) is 1.40. The van der Waals surface area contributed by atoms with Gasteiger partial charge in [0.05, 0.1) is 0 Å². The Morgan fingerprint density at radius 2 is 1.50 bits per heavy atom. The van der Waals surface area contributed by atoms with Gasteiger partial charge in [0.25, 0.3) is 11.9 Å². The Hall–Kier alpha value is -2.06. The highest BCUT2D eigenvalue weighted by atomic mass is 15.6. The van der Waals surface area contributed by atoms with E-state index in [1.54, 1.807) is 7.05 Å². The number of nitrogens with zero attached hydrogens (tertiary/aromatic N) is 7. The van der Waals surface area contributed by atoms with Gasteiger partial charge in [0.15, 0.2) is 0 Å². The van der Waals surface area contributed by atoms with Crippen LogP contribution in [0.2, 0.25) is 0 Å². The molecular formula is C3H5N9. The van der Waals surface area contributed by atoms with Gasteiger partial charge in [-0.3, -0.25) is 4.90 Å². The molecule has 2 rings (SSSR count). The largest absolute Gasteiger partial charge is 0.277 e. The van der Waals surface area contributed by atoms with Gasteiger partial charge in [-0.1, -0.05) is 10.2 Å². The fourth-order valence-corrected chi connectivity index (χ4v) is 0.687. The summed E-state index contributed by atoms with van der Waals surface area (Å²) in [5.41, 5.74) is 0. The molecule has 0 bridgehead atoms. The summed E-state index contributed by atoms with van der Waals surface area (Å²) in [5.74, 6) is 0.771. The minimum absolute atomic E-state index is 0.386. The maximum absolute atomic E-state index is 3.73. The van der Waals surface area contributed by atoms with E-state index in [-0.39, 0.29) is 0 Å². The van der Waals surface area contributed by atoms with E-state index in [9.17, 15) is 0 Å². The molecule has 9 heteroatoms. The molecule has 2 aromatic rings.